The van der Waals surface area contributed by atoms with E-state index in [1.807, 2.05) is 67.6 Å². The van der Waals surface area contributed by atoms with Crippen molar-refractivity contribution in [2.45, 2.75) is 42.6 Å². The molecule has 4 rings (SSSR count). The molecule has 8 nitrogen and oxygen atoms in total. The standard InChI is InChI=1S/C24H23N5O3S/c1-2-21(25-24(31)32-16-17-8-4-3-5-9-17)22(30)15-29-27-23(26-28-29)33-20-13-12-18-10-6-7-11-19(18)14-20/h3-14,21H,2,15-16H2,1H3,(H,25,31). The van der Waals surface area contributed by atoms with Crippen molar-refractivity contribution in [3.8, 4) is 0 Å². The molecule has 0 saturated carbocycles. The molecule has 0 aliphatic carbocycles. The largest absolute Gasteiger partial charge is 0.445 e. The Hall–Kier alpha value is -3.72. The summed E-state index contributed by atoms with van der Waals surface area (Å²) in [6, 6.07) is 22.8. The number of nitrogens with zero attached hydrogens (tertiary/aromatic N) is 4. The number of rotatable bonds is 9. The van der Waals surface area contributed by atoms with Gasteiger partial charge in [0.2, 0.25) is 5.16 Å². The SMILES string of the molecule is CCC(NC(=O)OCc1ccccc1)C(=O)Cn1nnc(Sc2ccc3ccccc3c2)n1. The van der Waals surface area contributed by atoms with E-state index >= 15 is 0 Å². The number of ketones is 1. The Bertz CT molecular complexity index is 1250. The highest BCUT2D eigenvalue weighted by atomic mass is 32.2. The zero-order valence-electron chi connectivity index (χ0n) is 18.0. The molecule has 9 heteroatoms. The predicted molar refractivity (Wildman–Crippen MR) is 125 cm³/mol. The third-order valence-corrected chi connectivity index (χ3v) is 5.80. The van der Waals surface area contributed by atoms with Crippen LogP contribution in [0, 0.1) is 0 Å². The Labute approximate surface area is 195 Å². The van der Waals surface area contributed by atoms with Gasteiger partial charge in [0.25, 0.3) is 0 Å². The topological polar surface area (TPSA) is 99.0 Å². The van der Waals surface area contributed by atoms with Gasteiger partial charge in [-0.05, 0) is 51.9 Å². The van der Waals surface area contributed by atoms with Gasteiger partial charge in [0.05, 0.1) is 6.04 Å². The quantitative estimate of drug-likeness (QED) is 0.398. The molecule has 0 aliphatic heterocycles. The van der Waals surface area contributed by atoms with Crippen LogP contribution in [0.25, 0.3) is 10.8 Å². The summed E-state index contributed by atoms with van der Waals surface area (Å²) in [5.41, 5.74) is 0.871. The van der Waals surface area contributed by atoms with E-state index in [0.29, 0.717) is 11.6 Å². The molecule has 0 saturated heterocycles. The summed E-state index contributed by atoms with van der Waals surface area (Å²) < 4.78 is 5.21. The summed E-state index contributed by atoms with van der Waals surface area (Å²) in [5, 5.41) is 17.6. The van der Waals surface area contributed by atoms with Crippen molar-refractivity contribution in [1.82, 2.24) is 25.5 Å². The second-order valence-corrected chi connectivity index (χ2v) is 8.39. The molecule has 1 unspecified atom stereocenters. The van der Waals surface area contributed by atoms with E-state index in [1.54, 1.807) is 0 Å². The fraction of sp³-hybridized carbons (Fsp3) is 0.208. The summed E-state index contributed by atoms with van der Waals surface area (Å²) in [5.74, 6) is -0.228. The lowest BCUT2D eigenvalue weighted by Crippen LogP contribution is -2.42. The number of fused-ring (bicyclic) bond motifs is 1. The van der Waals surface area contributed by atoms with Gasteiger partial charge in [0.15, 0.2) is 5.78 Å². The molecule has 1 heterocycles. The van der Waals surface area contributed by atoms with Crippen LogP contribution in [0.3, 0.4) is 0 Å². The lowest BCUT2D eigenvalue weighted by atomic mass is 10.1. The molecule has 1 aromatic heterocycles. The summed E-state index contributed by atoms with van der Waals surface area (Å²) in [6.07, 6.45) is -0.217. The minimum Gasteiger partial charge on any atom is -0.445 e. The number of hydrogen-bond acceptors (Lipinski definition) is 7. The molecular weight excluding hydrogens is 438 g/mol. The van der Waals surface area contributed by atoms with Crippen molar-refractivity contribution in [3.63, 3.8) is 0 Å². The molecule has 168 valence electrons. The van der Waals surface area contributed by atoms with E-state index < -0.39 is 12.1 Å². The van der Waals surface area contributed by atoms with Gasteiger partial charge in [-0.2, -0.15) is 4.80 Å². The molecule has 33 heavy (non-hydrogen) atoms. The van der Waals surface area contributed by atoms with E-state index in [-0.39, 0.29) is 18.9 Å². The fourth-order valence-electron chi connectivity index (χ4n) is 3.24. The molecule has 0 bridgehead atoms. The maximum absolute atomic E-state index is 12.7. The first-order chi connectivity index (χ1) is 16.1. The van der Waals surface area contributed by atoms with Crippen LogP contribution in [0.15, 0.2) is 82.8 Å². The maximum Gasteiger partial charge on any atom is 0.408 e. The number of amides is 1. The van der Waals surface area contributed by atoms with Gasteiger partial charge >= 0.3 is 6.09 Å². The van der Waals surface area contributed by atoms with Crippen LogP contribution in [-0.4, -0.2) is 38.1 Å². The van der Waals surface area contributed by atoms with Gasteiger partial charge in [-0.3, -0.25) is 4.79 Å². The maximum atomic E-state index is 12.7. The van der Waals surface area contributed by atoms with Crippen LogP contribution in [0.1, 0.15) is 18.9 Å². The molecule has 0 fully saturated rings. The number of alkyl carbamates (subject to hydrolysis) is 1. The molecule has 1 N–H and O–H groups in total. The number of carbonyl (C=O) groups excluding carboxylic acids is 2. The molecule has 4 aromatic rings. The van der Waals surface area contributed by atoms with Crippen LogP contribution >= 0.6 is 11.8 Å². The summed E-state index contributed by atoms with van der Waals surface area (Å²) >= 11 is 1.37. The highest BCUT2D eigenvalue weighted by molar-refractivity contribution is 7.99. The number of hydrogen-bond donors (Lipinski definition) is 1. The molecule has 1 amide bonds. The zero-order chi connectivity index (χ0) is 23.0. The average Bonchev–Trinajstić information content (AvgIpc) is 3.28. The second-order valence-electron chi connectivity index (χ2n) is 7.35. The number of nitrogens with one attached hydrogen (secondary N) is 1. The van der Waals surface area contributed by atoms with Gasteiger partial charge in [-0.25, -0.2) is 4.79 Å². The van der Waals surface area contributed by atoms with Crippen molar-refractivity contribution in [3.05, 3.63) is 78.4 Å². The van der Waals surface area contributed by atoms with Crippen LogP contribution in [0.2, 0.25) is 0 Å². The van der Waals surface area contributed by atoms with E-state index in [9.17, 15) is 9.59 Å². The van der Waals surface area contributed by atoms with E-state index in [0.717, 1.165) is 21.2 Å². The number of benzene rings is 3. The Balaban J connectivity index is 1.31. The molecule has 0 aliphatic rings. The van der Waals surface area contributed by atoms with Crippen LogP contribution in [0.4, 0.5) is 4.79 Å². The van der Waals surface area contributed by atoms with Gasteiger partial charge in [0, 0.05) is 4.90 Å². The number of ether oxygens (including phenoxy) is 1. The third-order valence-electron chi connectivity index (χ3n) is 4.96. The average molecular weight is 462 g/mol. The predicted octanol–water partition coefficient (Wildman–Crippen LogP) is 4.25. The zero-order valence-corrected chi connectivity index (χ0v) is 18.9. The Morgan fingerprint density at radius 2 is 1.79 bits per heavy atom. The number of carbonyl (C=O) groups is 2. The van der Waals surface area contributed by atoms with Crippen molar-refractivity contribution in [2.75, 3.05) is 0 Å². The van der Waals surface area contributed by atoms with Gasteiger partial charge < -0.3 is 10.1 Å². The van der Waals surface area contributed by atoms with Crippen LogP contribution < -0.4 is 5.32 Å². The van der Waals surface area contributed by atoms with Gasteiger partial charge in [-0.1, -0.05) is 67.6 Å². The summed E-state index contributed by atoms with van der Waals surface area (Å²) in [4.78, 5) is 27.0. The van der Waals surface area contributed by atoms with Crippen molar-refractivity contribution in [2.24, 2.45) is 0 Å². The van der Waals surface area contributed by atoms with Crippen molar-refractivity contribution < 1.29 is 14.3 Å². The fourth-order valence-corrected chi connectivity index (χ4v) is 3.98. The number of Topliss-reactive ketones (excluding diaryl/α,β-unsaturated/α-hetero) is 1. The number of aromatic nitrogens is 4. The van der Waals surface area contributed by atoms with E-state index in [2.05, 4.69) is 32.9 Å². The first-order valence-electron chi connectivity index (χ1n) is 10.5. The van der Waals surface area contributed by atoms with Crippen molar-refractivity contribution >= 4 is 34.4 Å². The first kappa shape index (κ1) is 22.5. The molecule has 3 aromatic carbocycles. The minimum absolute atomic E-state index is 0.0945. The lowest BCUT2D eigenvalue weighted by molar-refractivity contribution is -0.122. The normalized spacial score (nSPS) is 11.8. The summed E-state index contributed by atoms with van der Waals surface area (Å²) in [6.45, 7) is 1.86. The highest BCUT2D eigenvalue weighted by Crippen LogP contribution is 2.27. The number of tetrazole rings is 1. The van der Waals surface area contributed by atoms with Gasteiger partial charge in [0.1, 0.15) is 13.2 Å². The van der Waals surface area contributed by atoms with Crippen LogP contribution in [0.5, 0.6) is 0 Å². The minimum atomic E-state index is -0.698. The van der Waals surface area contributed by atoms with E-state index in [1.165, 1.54) is 16.6 Å². The first-order valence-corrected chi connectivity index (χ1v) is 11.4. The monoisotopic (exact) mass is 461 g/mol. The van der Waals surface area contributed by atoms with Crippen molar-refractivity contribution in [1.29, 1.82) is 0 Å². The lowest BCUT2D eigenvalue weighted by Gasteiger charge is -2.15. The molecular formula is C24H23N5O3S. The Morgan fingerprint density at radius 3 is 2.58 bits per heavy atom. The Kier molecular flexibility index (Phi) is 7.31. The smallest absolute Gasteiger partial charge is 0.408 e. The van der Waals surface area contributed by atoms with E-state index in [4.69, 9.17) is 4.74 Å². The molecule has 1 atom stereocenters. The molecule has 0 radical (unpaired) electrons. The van der Waals surface area contributed by atoms with Gasteiger partial charge in [-0.15, -0.1) is 10.2 Å². The second kappa shape index (κ2) is 10.7. The third kappa shape index (κ3) is 6.17. The molecule has 0 spiro atoms. The summed E-state index contributed by atoms with van der Waals surface area (Å²) in [7, 11) is 0. The highest BCUT2D eigenvalue weighted by Gasteiger charge is 2.21. The van der Waals surface area contributed by atoms with Crippen LogP contribution in [-0.2, 0) is 22.7 Å². The Morgan fingerprint density at radius 1 is 1.03 bits per heavy atom.